The smallest absolute Gasteiger partial charge is 0.335 e. The lowest BCUT2D eigenvalue weighted by Gasteiger charge is -2.29. The van der Waals surface area contributed by atoms with Gasteiger partial charge in [-0.3, -0.25) is 10.1 Å². The van der Waals surface area contributed by atoms with Gasteiger partial charge in [0.2, 0.25) is 0 Å². The van der Waals surface area contributed by atoms with Crippen molar-refractivity contribution < 1.29 is 30.1 Å². The summed E-state index contributed by atoms with van der Waals surface area (Å²) in [5, 5.41) is 49.7. The number of rotatable bonds is 7. The van der Waals surface area contributed by atoms with Gasteiger partial charge in [0.1, 0.15) is 11.2 Å². The average Bonchev–Trinajstić information content (AvgIpc) is 2.44. The fourth-order valence-corrected chi connectivity index (χ4v) is 1.48. The van der Waals surface area contributed by atoms with Crippen LogP contribution >= 0.6 is 0 Å². The molecular weight excluding hydrogens is 272 g/mol. The second-order valence-corrected chi connectivity index (χ2v) is 4.17. The number of carboxylic acids is 1. The quantitative estimate of drug-likeness (QED) is 0.329. The zero-order valence-corrected chi connectivity index (χ0v) is 10.3. The van der Waals surface area contributed by atoms with Gasteiger partial charge in [-0.1, -0.05) is 0 Å². The van der Waals surface area contributed by atoms with Crippen molar-refractivity contribution in [3.05, 3.63) is 33.9 Å². The molecule has 0 aromatic heterocycles. The van der Waals surface area contributed by atoms with Gasteiger partial charge in [-0.2, -0.15) is 0 Å². The molecule has 1 aromatic rings. The molecule has 1 rings (SSSR count). The molecule has 20 heavy (non-hydrogen) atoms. The van der Waals surface area contributed by atoms with Crippen LogP contribution in [-0.2, 0) is 0 Å². The SMILES string of the molecule is O=C(O)c1ccc(NC(CO)(CO)CO)c([N+](=O)[O-])c1. The Balaban J connectivity index is 3.24. The molecule has 0 amide bonds. The van der Waals surface area contributed by atoms with Crippen molar-refractivity contribution in [2.75, 3.05) is 25.1 Å². The second kappa shape index (κ2) is 6.28. The van der Waals surface area contributed by atoms with Crippen LogP contribution in [0.2, 0.25) is 0 Å². The topological polar surface area (TPSA) is 153 Å². The summed E-state index contributed by atoms with van der Waals surface area (Å²) in [5.41, 5.74) is -2.47. The van der Waals surface area contributed by atoms with E-state index in [1.807, 2.05) is 0 Å². The minimum Gasteiger partial charge on any atom is -0.478 e. The number of nitrogens with zero attached hydrogens (tertiary/aromatic N) is 1. The molecule has 0 aliphatic rings. The normalized spacial score (nSPS) is 11.2. The van der Waals surface area contributed by atoms with Crippen molar-refractivity contribution >= 4 is 17.3 Å². The molecule has 110 valence electrons. The molecule has 1 aromatic carbocycles. The van der Waals surface area contributed by atoms with Crippen LogP contribution in [0, 0.1) is 10.1 Å². The molecule has 5 N–H and O–H groups in total. The van der Waals surface area contributed by atoms with Crippen LogP contribution in [0.3, 0.4) is 0 Å². The summed E-state index contributed by atoms with van der Waals surface area (Å²) >= 11 is 0. The molecule has 0 bridgehead atoms. The monoisotopic (exact) mass is 286 g/mol. The van der Waals surface area contributed by atoms with Gasteiger partial charge in [-0.05, 0) is 12.1 Å². The van der Waals surface area contributed by atoms with Gasteiger partial charge in [0, 0.05) is 6.07 Å². The molecule has 9 nitrogen and oxygen atoms in total. The van der Waals surface area contributed by atoms with Gasteiger partial charge in [-0.15, -0.1) is 0 Å². The minimum atomic E-state index is -1.55. The largest absolute Gasteiger partial charge is 0.478 e. The Morgan fingerprint density at radius 3 is 2.20 bits per heavy atom. The van der Waals surface area contributed by atoms with Crippen LogP contribution in [0.1, 0.15) is 10.4 Å². The Morgan fingerprint density at radius 1 is 1.25 bits per heavy atom. The number of hydrogen-bond donors (Lipinski definition) is 5. The third kappa shape index (κ3) is 3.20. The predicted octanol–water partition coefficient (Wildman–Crippen LogP) is -0.579. The Hall–Kier alpha value is -2.23. The highest BCUT2D eigenvalue weighted by Gasteiger charge is 2.30. The van der Waals surface area contributed by atoms with Crippen LogP contribution < -0.4 is 5.32 Å². The summed E-state index contributed by atoms with van der Waals surface area (Å²) in [5.74, 6) is -1.32. The van der Waals surface area contributed by atoms with Crippen LogP contribution in [0.25, 0.3) is 0 Å². The summed E-state index contributed by atoms with van der Waals surface area (Å²) in [6.45, 7) is -2.01. The molecule has 0 saturated heterocycles. The van der Waals surface area contributed by atoms with Gasteiger partial charge >= 0.3 is 5.97 Å². The van der Waals surface area contributed by atoms with Gasteiger partial charge < -0.3 is 25.7 Å². The second-order valence-electron chi connectivity index (χ2n) is 4.17. The number of carbonyl (C=O) groups is 1. The van der Waals surface area contributed by atoms with Crippen molar-refractivity contribution in [3.63, 3.8) is 0 Å². The lowest BCUT2D eigenvalue weighted by Crippen LogP contribution is -2.49. The molecule has 9 heteroatoms. The van der Waals surface area contributed by atoms with E-state index < -0.39 is 41.9 Å². The standard InChI is InChI=1S/C11H14N2O7/c14-4-11(5-15,6-16)12-8-2-1-7(10(17)18)3-9(8)13(19)20/h1-3,12,14-16H,4-6H2,(H,17,18). The molecule has 0 atom stereocenters. The fourth-order valence-electron chi connectivity index (χ4n) is 1.48. The van der Waals surface area contributed by atoms with E-state index >= 15 is 0 Å². The van der Waals surface area contributed by atoms with Gasteiger partial charge in [0.05, 0.1) is 30.3 Å². The van der Waals surface area contributed by atoms with Gasteiger partial charge in [-0.25, -0.2) is 4.79 Å². The first-order valence-corrected chi connectivity index (χ1v) is 5.51. The third-order valence-electron chi connectivity index (χ3n) is 2.75. The van der Waals surface area contributed by atoms with Gasteiger partial charge in [0.25, 0.3) is 5.69 Å². The van der Waals surface area contributed by atoms with Gasteiger partial charge in [0.15, 0.2) is 0 Å². The molecule has 0 spiro atoms. The van der Waals surface area contributed by atoms with Crippen molar-refractivity contribution in [3.8, 4) is 0 Å². The summed E-state index contributed by atoms with van der Waals surface area (Å²) in [4.78, 5) is 20.9. The zero-order chi connectivity index (χ0) is 15.3. The van der Waals surface area contributed by atoms with Crippen LogP contribution in [-0.4, -0.2) is 56.7 Å². The van der Waals surface area contributed by atoms with Crippen molar-refractivity contribution in [2.24, 2.45) is 0 Å². The molecule has 0 aliphatic heterocycles. The Labute approximate surface area is 113 Å². The molecule has 0 saturated carbocycles. The Bertz CT molecular complexity index is 505. The maximum absolute atomic E-state index is 10.9. The number of aliphatic hydroxyl groups excluding tert-OH is 3. The highest BCUT2D eigenvalue weighted by molar-refractivity contribution is 5.89. The van der Waals surface area contributed by atoms with E-state index in [4.69, 9.17) is 20.4 Å². The highest BCUT2D eigenvalue weighted by Crippen LogP contribution is 2.28. The first kappa shape index (κ1) is 15.8. The van der Waals surface area contributed by atoms with Crippen LogP contribution in [0.15, 0.2) is 18.2 Å². The fraction of sp³-hybridized carbons (Fsp3) is 0.364. The van der Waals surface area contributed by atoms with E-state index in [1.54, 1.807) is 0 Å². The van der Waals surface area contributed by atoms with E-state index in [2.05, 4.69) is 5.32 Å². The summed E-state index contributed by atoms with van der Waals surface area (Å²) < 4.78 is 0. The molecule has 0 heterocycles. The Kier molecular flexibility index (Phi) is 4.97. The number of aromatic carboxylic acids is 1. The van der Waals surface area contributed by atoms with Crippen molar-refractivity contribution in [1.29, 1.82) is 0 Å². The lowest BCUT2D eigenvalue weighted by atomic mass is 10.0. The molecule has 0 unspecified atom stereocenters. The number of nitro groups is 1. The lowest BCUT2D eigenvalue weighted by molar-refractivity contribution is -0.384. The van der Waals surface area contributed by atoms with Crippen molar-refractivity contribution in [1.82, 2.24) is 0 Å². The van der Waals surface area contributed by atoms with Crippen LogP contribution in [0.5, 0.6) is 0 Å². The summed E-state index contributed by atoms with van der Waals surface area (Å²) in [7, 11) is 0. The number of aliphatic hydroxyl groups is 3. The first-order valence-electron chi connectivity index (χ1n) is 5.51. The van der Waals surface area contributed by atoms with Crippen molar-refractivity contribution in [2.45, 2.75) is 5.54 Å². The average molecular weight is 286 g/mol. The molecule has 0 fully saturated rings. The maximum Gasteiger partial charge on any atom is 0.335 e. The van der Waals surface area contributed by atoms with Crippen LogP contribution in [0.4, 0.5) is 11.4 Å². The number of hydrogen-bond acceptors (Lipinski definition) is 7. The molecule has 0 aliphatic carbocycles. The summed E-state index contributed by atoms with van der Waals surface area (Å²) in [6.07, 6.45) is 0. The number of anilines is 1. The van der Waals surface area contributed by atoms with E-state index in [0.29, 0.717) is 0 Å². The van der Waals surface area contributed by atoms with E-state index in [1.165, 1.54) is 0 Å². The molecular formula is C11H14N2O7. The van der Waals surface area contributed by atoms with E-state index in [0.717, 1.165) is 18.2 Å². The zero-order valence-electron chi connectivity index (χ0n) is 10.3. The minimum absolute atomic E-state index is 0.114. The molecule has 0 radical (unpaired) electrons. The number of benzene rings is 1. The number of carboxylic acid groups (broad SMARTS) is 1. The highest BCUT2D eigenvalue weighted by atomic mass is 16.6. The van der Waals surface area contributed by atoms with E-state index in [9.17, 15) is 14.9 Å². The summed E-state index contributed by atoms with van der Waals surface area (Å²) in [6, 6.07) is 3.12. The van der Waals surface area contributed by atoms with E-state index in [-0.39, 0.29) is 11.3 Å². The predicted molar refractivity (Wildman–Crippen MR) is 67.7 cm³/mol. The Morgan fingerprint density at radius 2 is 1.80 bits per heavy atom. The maximum atomic E-state index is 10.9. The third-order valence-corrected chi connectivity index (χ3v) is 2.75. The number of nitro benzene ring substituents is 1. The number of nitrogens with one attached hydrogen (secondary N) is 1. The first-order chi connectivity index (χ1) is 9.39.